The number of aromatic nitrogens is 5. The second-order valence-corrected chi connectivity index (χ2v) is 16.0. The Hall–Kier alpha value is -6.90. The number of benzene rings is 3. The first-order valence-corrected chi connectivity index (χ1v) is 19.6. The van der Waals surface area contributed by atoms with Crippen molar-refractivity contribution >= 4 is 40.5 Å². The first-order valence-electron chi connectivity index (χ1n) is 19.6. The first-order chi connectivity index (χ1) is 28.4. The fourth-order valence-corrected chi connectivity index (χ4v) is 7.60. The number of likely N-dealkylation sites (tertiary alicyclic amines) is 1. The molecule has 6 aromatic rings. The SMILES string of the molecule is COc1ccc(C(=O)N2CCC(c3ccc(-c4cc5c(-c6ccc(CNC(=O)c7nc(C(C)(C)C)no7)c(C)c6)ncnc5[nH]4)cc3)CC2)cc1N1CCC(=O)NC1=O. The van der Waals surface area contributed by atoms with Gasteiger partial charge in [0.25, 0.3) is 5.91 Å². The van der Waals surface area contributed by atoms with E-state index in [1.807, 2.05) is 44.7 Å². The van der Waals surface area contributed by atoms with Crippen LogP contribution in [0.25, 0.3) is 33.5 Å². The van der Waals surface area contributed by atoms with Crippen molar-refractivity contribution in [2.45, 2.75) is 64.8 Å². The van der Waals surface area contributed by atoms with Crippen LogP contribution in [0.15, 0.2) is 77.6 Å². The predicted molar refractivity (Wildman–Crippen MR) is 220 cm³/mol. The number of nitrogens with zero attached hydrogens (tertiary/aromatic N) is 6. The average Bonchev–Trinajstić information content (AvgIpc) is 3.92. The molecule has 302 valence electrons. The number of piperidine rings is 1. The molecule has 0 unspecified atom stereocenters. The molecule has 15 heteroatoms. The lowest BCUT2D eigenvalue weighted by Gasteiger charge is -2.33. The number of rotatable bonds is 9. The Morgan fingerprint density at radius 2 is 1.71 bits per heavy atom. The molecule has 5 amide bonds. The van der Waals surface area contributed by atoms with Gasteiger partial charge in [0, 0.05) is 60.2 Å². The lowest BCUT2D eigenvalue weighted by atomic mass is 9.88. The number of urea groups is 1. The van der Waals surface area contributed by atoms with E-state index in [1.165, 1.54) is 17.6 Å². The van der Waals surface area contributed by atoms with Gasteiger partial charge in [0.15, 0.2) is 5.82 Å². The Morgan fingerprint density at radius 3 is 2.41 bits per heavy atom. The minimum atomic E-state index is -0.532. The predicted octanol–water partition coefficient (Wildman–Crippen LogP) is 6.69. The van der Waals surface area contributed by atoms with Crippen molar-refractivity contribution in [2.24, 2.45) is 0 Å². The highest BCUT2D eigenvalue weighted by Gasteiger charge is 2.30. The summed E-state index contributed by atoms with van der Waals surface area (Å²) in [5, 5.41) is 10.0. The summed E-state index contributed by atoms with van der Waals surface area (Å²) in [6, 6.07) is 21.2. The molecule has 0 radical (unpaired) electrons. The van der Waals surface area contributed by atoms with Gasteiger partial charge in [-0.15, -0.1) is 0 Å². The van der Waals surface area contributed by atoms with Gasteiger partial charge in [-0.3, -0.25) is 24.6 Å². The highest BCUT2D eigenvalue weighted by atomic mass is 16.5. The smallest absolute Gasteiger partial charge is 0.328 e. The van der Waals surface area contributed by atoms with E-state index in [1.54, 1.807) is 24.5 Å². The van der Waals surface area contributed by atoms with Crippen LogP contribution in [0.3, 0.4) is 0 Å². The number of anilines is 1. The zero-order valence-corrected chi connectivity index (χ0v) is 33.6. The zero-order valence-electron chi connectivity index (χ0n) is 33.6. The number of fused-ring (bicyclic) bond motifs is 1. The molecule has 59 heavy (non-hydrogen) atoms. The maximum atomic E-state index is 13.6. The fourth-order valence-electron chi connectivity index (χ4n) is 7.60. The molecule has 0 saturated carbocycles. The molecule has 15 nitrogen and oxygen atoms in total. The van der Waals surface area contributed by atoms with Crippen molar-refractivity contribution in [2.75, 3.05) is 31.6 Å². The van der Waals surface area contributed by atoms with Crippen LogP contribution in [-0.2, 0) is 16.8 Å². The van der Waals surface area contributed by atoms with Crippen molar-refractivity contribution in [1.29, 1.82) is 0 Å². The van der Waals surface area contributed by atoms with Crippen molar-refractivity contribution in [3.8, 4) is 28.3 Å². The number of hydrogen-bond donors (Lipinski definition) is 3. The second kappa shape index (κ2) is 15.8. The first kappa shape index (κ1) is 38.9. The third-order valence-corrected chi connectivity index (χ3v) is 11.0. The molecule has 2 fully saturated rings. The number of H-pyrrole nitrogens is 1. The van der Waals surface area contributed by atoms with Crippen LogP contribution in [0, 0.1) is 6.92 Å². The van der Waals surface area contributed by atoms with Crippen LogP contribution in [0.4, 0.5) is 10.5 Å². The van der Waals surface area contributed by atoms with Crippen molar-refractivity contribution in [3.63, 3.8) is 0 Å². The summed E-state index contributed by atoms with van der Waals surface area (Å²) in [6.45, 7) is 9.57. The van der Waals surface area contributed by atoms with Crippen molar-refractivity contribution < 1.29 is 28.4 Å². The summed E-state index contributed by atoms with van der Waals surface area (Å²) in [6.07, 6.45) is 3.36. The number of ether oxygens (including phenoxy) is 1. The van der Waals surface area contributed by atoms with Gasteiger partial charge in [0.2, 0.25) is 5.91 Å². The van der Waals surface area contributed by atoms with Crippen LogP contribution in [-0.4, -0.2) is 80.5 Å². The molecule has 3 N–H and O–H groups in total. The molecular weight excluding hydrogens is 751 g/mol. The molecule has 3 aromatic heterocycles. The molecule has 0 atom stereocenters. The largest absolute Gasteiger partial charge is 0.495 e. The number of nitrogens with one attached hydrogen (secondary N) is 3. The van der Waals surface area contributed by atoms with Crippen LogP contribution < -0.4 is 20.3 Å². The van der Waals surface area contributed by atoms with Crippen LogP contribution in [0.5, 0.6) is 5.75 Å². The lowest BCUT2D eigenvalue weighted by molar-refractivity contribution is -0.120. The van der Waals surface area contributed by atoms with Gasteiger partial charge in [-0.05, 0) is 78.3 Å². The molecule has 0 bridgehead atoms. The van der Waals surface area contributed by atoms with Gasteiger partial charge in [-0.25, -0.2) is 14.8 Å². The number of carbonyl (C=O) groups excluding carboxylic acids is 4. The van der Waals surface area contributed by atoms with Crippen LogP contribution >= 0.6 is 0 Å². The topological polar surface area (TPSA) is 189 Å². The average molecular weight is 796 g/mol. The van der Waals surface area contributed by atoms with E-state index in [-0.39, 0.29) is 36.1 Å². The highest BCUT2D eigenvalue weighted by Crippen LogP contribution is 2.35. The summed E-state index contributed by atoms with van der Waals surface area (Å²) in [7, 11) is 1.51. The molecular formula is C44H45N9O6. The molecule has 5 heterocycles. The standard InChI is InChI=1S/C44H45N9O6/c1-25-20-29(10-11-31(25)23-45-39(55)40-50-42(51-59-40)44(2,3)4)37-32-22-33(48-38(32)47-24-46-37)28-8-6-26(7-9-28)27-14-17-52(18-15-27)41(56)30-12-13-35(58-5)34(21-30)53-19-16-36(54)49-43(53)57/h6-13,20-22,24,27H,14-19,23H2,1-5H3,(H,45,55)(H,46,47,48)(H,49,54,57). The van der Waals surface area contributed by atoms with E-state index in [2.05, 4.69) is 72.1 Å². The molecule has 2 aliphatic heterocycles. The molecule has 2 aliphatic rings. The fraction of sp³-hybridized carbons (Fsp3) is 0.318. The minimum Gasteiger partial charge on any atom is -0.495 e. The normalized spacial score (nSPS) is 15.1. The van der Waals surface area contributed by atoms with Gasteiger partial charge in [0.1, 0.15) is 17.7 Å². The van der Waals surface area contributed by atoms with Crippen molar-refractivity contribution in [1.82, 2.24) is 40.6 Å². The summed E-state index contributed by atoms with van der Waals surface area (Å²) in [5.41, 5.74) is 8.16. The van der Waals surface area contributed by atoms with Gasteiger partial charge >= 0.3 is 17.8 Å². The van der Waals surface area contributed by atoms with E-state index in [9.17, 15) is 19.2 Å². The van der Waals surface area contributed by atoms with E-state index in [4.69, 9.17) is 9.26 Å². The summed E-state index contributed by atoms with van der Waals surface area (Å²) in [5.74, 6) is 0.309. The van der Waals surface area contributed by atoms with Gasteiger partial charge in [0.05, 0.1) is 18.5 Å². The number of hydrogen-bond acceptors (Lipinski definition) is 10. The molecule has 0 spiro atoms. The monoisotopic (exact) mass is 795 g/mol. The maximum absolute atomic E-state index is 13.6. The Bertz CT molecular complexity index is 2580. The summed E-state index contributed by atoms with van der Waals surface area (Å²) < 4.78 is 10.7. The molecule has 3 aromatic carbocycles. The Morgan fingerprint density at radius 1 is 0.949 bits per heavy atom. The number of methoxy groups -OCH3 is 1. The van der Waals surface area contributed by atoms with Crippen LogP contribution in [0.2, 0.25) is 0 Å². The molecule has 8 rings (SSSR count). The van der Waals surface area contributed by atoms with E-state index >= 15 is 0 Å². The molecule has 2 saturated heterocycles. The number of aryl methyl sites for hydroxylation is 1. The quantitative estimate of drug-likeness (QED) is 0.142. The maximum Gasteiger partial charge on any atom is 0.328 e. The summed E-state index contributed by atoms with van der Waals surface area (Å²) >= 11 is 0. The minimum absolute atomic E-state index is 0.0604. The highest BCUT2D eigenvalue weighted by molar-refractivity contribution is 6.07. The van der Waals surface area contributed by atoms with Gasteiger partial charge in [-0.2, -0.15) is 4.98 Å². The number of aromatic amines is 1. The Labute approximate surface area is 340 Å². The van der Waals surface area contributed by atoms with E-state index in [0.29, 0.717) is 48.4 Å². The second-order valence-electron chi connectivity index (χ2n) is 16.0. The Balaban J connectivity index is 0.906. The third-order valence-electron chi connectivity index (χ3n) is 11.0. The summed E-state index contributed by atoms with van der Waals surface area (Å²) in [4.78, 5) is 70.8. The number of imide groups is 1. The van der Waals surface area contributed by atoms with Gasteiger partial charge < -0.3 is 24.5 Å². The zero-order chi connectivity index (χ0) is 41.4. The third kappa shape index (κ3) is 8.00. The lowest BCUT2D eigenvalue weighted by Crippen LogP contribution is -2.49. The van der Waals surface area contributed by atoms with Crippen molar-refractivity contribution in [3.05, 3.63) is 107 Å². The van der Waals surface area contributed by atoms with E-state index < -0.39 is 11.9 Å². The Kier molecular flexibility index (Phi) is 10.4. The number of amides is 5. The molecule has 0 aliphatic carbocycles. The van der Waals surface area contributed by atoms with E-state index in [0.717, 1.165) is 57.5 Å². The van der Waals surface area contributed by atoms with Gasteiger partial charge in [-0.1, -0.05) is 62.3 Å². The van der Waals surface area contributed by atoms with Crippen LogP contribution in [0.1, 0.15) is 89.5 Å². The number of carbonyl (C=O) groups is 4.